The molecule has 0 spiro atoms. The Balaban J connectivity index is 2.01. The molecule has 2 aromatic rings. The van der Waals surface area contributed by atoms with E-state index >= 15 is 0 Å². The van der Waals surface area contributed by atoms with E-state index in [2.05, 4.69) is 67.7 Å². The molecule has 2 nitrogen and oxygen atoms in total. The zero-order valence-corrected chi connectivity index (χ0v) is 12.5. The molecule has 0 heterocycles. The van der Waals surface area contributed by atoms with Crippen LogP contribution in [0.2, 0.25) is 0 Å². The van der Waals surface area contributed by atoms with E-state index in [-0.39, 0.29) is 0 Å². The second-order valence-electron chi connectivity index (χ2n) is 5.22. The van der Waals surface area contributed by atoms with Gasteiger partial charge >= 0.3 is 0 Å². The molecule has 0 saturated carbocycles. The molecule has 0 fully saturated rings. The first-order chi connectivity index (χ1) is 9.70. The lowest BCUT2D eigenvalue weighted by Crippen LogP contribution is -2.19. The molecule has 0 aromatic heterocycles. The molecule has 0 aliphatic rings. The van der Waals surface area contributed by atoms with Gasteiger partial charge in [0.05, 0.1) is 6.61 Å². The van der Waals surface area contributed by atoms with E-state index in [4.69, 9.17) is 4.74 Å². The van der Waals surface area contributed by atoms with Gasteiger partial charge in [0.15, 0.2) is 0 Å². The quantitative estimate of drug-likeness (QED) is 0.856. The molecule has 0 radical (unpaired) electrons. The minimum absolute atomic E-state index is 0.338. The summed E-state index contributed by atoms with van der Waals surface area (Å²) in [5.41, 5.74) is 5.18. The van der Waals surface area contributed by atoms with Gasteiger partial charge in [-0.1, -0.05) is 54.1 Å². The lowest BCUT2D eigenvalue weighted by atomic mass is 10.0. The van der Waals surface area contributed by atoms with Crippen molar-refractivity contribution in [1.82, 2.24) is 5.32 Å². The fourth-order valence-electron chi connectivity index (χ4n) is 2.35. The zero-order valence-electron chi connectivity index (χ0n) is 12.5. The number of nitrogens with one attached hydrogen (secondary N) is 1. The molecule has 0 unspecified atom stereocenters. The molecule has 20 heavy (non-hydrogen) atoms. The predicted molar refractivity (Wildman–Crippen MR) is 83.6 cm³/mol. The molecule has 2 heteroatoms. The van der Waals surface area contributed by atoms with Gasteiger partial charge in [-0.15, -0.1) is 0 Å². The van der Waals surface area contributed by atoms with Crippen molar-refractivity contribution < 1.29 is 4.74 Å². The summed E-state index contributed by atoms with van der Waals surface area (Å²) in [7, 11) is 1.74. The van der Waals surface area contributed by atoms with Crippen LogP contribution in [0.25, 0.3) is 0 Å². The lowest BCUT2D eigenvalue weighted by molar-refractivity contribution is 0.184. The molecule has 2 rings (SSSR count). The van der Waals surface area contributed by atoms with Crippen LogP contribution in [0.1, 0.15) is 35.2 Å². The Hall–Kier alpha value is -1.64. The van der Waals surface area contributed by atoms with Gasteiger partial charge in [-0.2, -0.15) is 0 Å². The van der Waals surface area contributed by atoms with Crippen LogP contribution in [-0.2, 0) is 17.9 Å². The number of aryl methyl sites for hydroxylation is 1. The first kappa shape index (κ1) is 14.8. The Morgan fingerprint density at radius 3 is 2.50 bits per heavy atom. The number of benzene rings is 2. The fraction of sp³-hybridized carbons (Fsp3) is 0.333. The van der Waals surface area contributed by atoms with Crippen LogP contribution in [0.3, 0.4) is 0 Å². The van der Waals surface area contributed by atoms with Gasteiger partial charge < -0.3 is 10.1 Å². The van der Waals surface area contributed by atoms with Crippen molar-refractivity contribution in [3.05, 3.63) is 70.8 Å². The van der Waals surface area contributed by atoms with Crippen LogP contribution in [0.15, 0.2) is 48.5 Å². The standard InChI is InChI=1S/C18H23NO/c1-14-7-6-10-16(11-14)15(2)19-12-17-8-4-5-9-18(17)13-20-3/h4-11,15,19H,12-13H2,1-3H3/t15-/m0/s1. The van der Waals surface area contributed by atoms with Gasteiger partial charge in [-0.3, -0.25) is 0 Å². The zero-order chi connectivity index (χ0) is 14.4. The van der Waals surface area contributed by atoms with Gasteiger partial charge in [-0.25, -0.2) is 0 Å². The molecular weight excluding hydrogens is 246 g/mol. The minimum Gasteiger partial charge on any atom is -0.380 e. The Bertz CT molecular complexity index is 551. The number of ether oxygens (including phenoxy) is 1. The summed E-state index contributed by atoms with van der Waals surface area (Å²) >= 11 is 0. The maximum absolute atomic E-state index is 5.25. The summed E-state index contributed by atoms with van der Waals surface area (Å²) in [6, 6.07) is 17.4. The van der Waals surface area contributed by atoms with Crippen LogP contribution in [0.5, 0.6) is 0 Å². The average Bonchev–Trinajstić information content (AvgIpc) is 2.46. The predicted octanol–water partition coefficient (Wildman–Crippen LogP) is 3.99. The molecule has 0 saturated heterocycles. The number of hydrogen-bond acceptors (Lipinski definition) is 2. The third-order valence-electron chi connectivity index (χ3n) is 3.56. The molecule has 0 amide bonds. The van der Waals surface area contributed by atoms with Crippen molar-refractivity contribution >= 4 is 0 Å². The highest BCUT2D eigenvalue weighted by Gasteiger charge is 2.07. The molecule has 0 bridgehead atoms. The first-order valence-electron chi connectivity index (χ1n) is 7.06. The van der Waals surface area contributed by atoms with Crippen molar-refractivity contribution in [1.29, 1.82) is 0 Å². The molecule has 106 valence electrons. The van der Waals surface area contributed by atoms with Crippen molar-refractivity contribution in [2.24, 2.45) is 0 Å². The van der Waals surface area contributed by atoms with Gasteiger partial charge in [0.25, 0.3) is 0 Å². The Morgan fingerprint density at radius 2 is 1.80 bits per heavy atom. The molecule has 1 N–H and O–H groups in total. The average molecular weight is 269 g/mol. The van der Waals surface area contributed by atoms with E-state index in [9.17, 15) is 0 Å². The monoisotopic (exact) mass is 269 g/mol. The first-order valence-corrected chi connectivity index (χ1v) is 7.06. The molecule has 1 atom stereocenters. The molecular formula is C18H23NO. The maximum Gasteiger partial charge on any atom is 0.0716 e. The highest BCUT2D eigenvalue weighted by atomic mass is 16.5. The molecule has 2 aromatic carbocycles. The van der Waals surface area contributed by atoms with Crippen LogP contribution >= 0.6 is 0 Å². The Kier molecular flexibility index (Phi) is 5.33. The van der Waals surface area contributed by atoms with Crippen LogP contribution in [0.4, 0.5) is 0 Å². The summed E-state index contributed by atoms with van der Waals surface area (Å²) in [6.07, 6.45) is 0. The van der Waals surface area contributed by atoms with E-state index in [1.165, 1.54) is 22.3 Å². The van der Waals surface area contributed by atoms with E-state index in [0.29, 0.717) is 12.6 Å². The van der Waals surface area contributed by atoms with E-state index in [1.807, 2.05) is 0 Å². The van der Waals surface area contributed by atoms with Crippen molar-refractivity contribution in [3.63, 3.8) is 0 Å². The highest BCUT2D eigenvalue weighted by Crippen LogP contribution is 2.16. The van der Waals surface area contributed by atoms with Gasteiger partial charge in [0.1, 0.15) is 0 Å². The van der Waals surface area contributed by atoms with E-state index in [1.54, 1.807) is 7.11 Å². The van der Waals surface area contributed by atoms with Crippen LogP contribution in [-0.4, -0.2) is 7.11 Å². The van der Waals surface area contributed by atoms with Gasteiger partial charge in [-0.05, 0) is 30.5 Å². The SMILES string of the molecule is COCc1ccccc1CN[C@@H](C)c1cccc(C)c1. The third-order valence-corrected chi connectivity index (χ3v) is 3.56. The fourth-order valence-corrected chi connectivity index (χ4v) is 2.35. The van der Waals surface area contributed by atoms with Crippen LogP contribution in [0, 0.1) is 6.92 Å². The highest BCUT2D eigenvalue weighted by molar-refractivity contribution is 5.28. The lowest BCUT2D eigenvalue weighted by Gasteiger charge is -2.16. The van der Waals surface area contributed by atoms with E-state index in [0.717, 1.165) is 6.54 Å². The number of hydrogen-bond donors (Lipinski definition) is 1. The van der Waals surface area contributed by atoms with Crippen molar-refractivity contribution in [3.8, 4) is 0 Å². The summed E-state index contributed by atoms with van der Waals surface area (Å²) in [4.78, 5) is 0. The smallest absolute Gasteiger partial charge is 0.0716 e. The molecule has 0 aliphatic carbocycles. The van der Waals surface area contributed by atoms with Gasteiger partial charge in [0.2, 0.25) is 0 Å². The van der Waals surface area contributed by atoms with E-state index < -0.39 is 0 Å². The van der Waals surface area contributed by atoms with Gasteiger partial charge in [0, 0.05) is 19.7 Å². The number of rotatable bonds is 6. The summed E-state index contributed by atoms with van der Waals surface area (Å²) < 4.78 is 5.25. The topological polar surface area (TPSA) is 21.3 Å². The summed E-state index contributed by atoms with van der Waals surface area (Å²) in [5.74, 6) is 0. The van der Waals surface area contributed by atoms with Crippen molar-refractivity contribution in [2.45, 2.75) is 33.0 Å². The summed E-state index contributed by atoms with van der Waals surface area (Å²) in [5, 5.41) is 3.59. The molecule has 0 aliphatic heterocycles. The maximum atomic E-state index is 5.25. The number of methoxy groups -OCH3 is 1. The normalized spacial score (nSPS) is 12.3. The summed E-state index contributed by atoms with van der Waals surface area (Å²) in [6.45, 7) is 5.85. The third kappa shape index (κ3) is 3.92. The second-order valence-corrected chi connectivity index (χ2v) is 5.22. The van der Waals surface area contributed by atoms with Crippen LogP contribution < -0.4 is 5.32 Å². The largest absolute Gasteiger partial charge is 0.380 e. The Morgan fingerprint density at radius 1 is 1.05 bits per heavy atom. The second kappa shape index (κ2) is 7.22. The minimum atomic E-state index is 0.338. The Labute approximate surface area is 121 Å². The van der Waals surface area contributed by atoms with Crippen molar-refractivity contribution in [2.75, 3.05) is 7.11 Å².